The number of ether oxygens (including phenoxy) is 2. The van der Waals surface area contributed by atoms with Crippen LogP contribution in [0.2, 0.25) is 0 Å². The molecule has 2 aromatic rings. The molecule has 1 aliphatic rings. The van der Waals surface area contributed by atoms with Gasteiger partial charge >= 0.3 is 0 Å². The van der Waals surface area contributed by atoms with Gasteiger partial charge in [0.2, 0.25) is 0 Å². The van der Waals surface area contributed by atoms with Crippen LogP contribution in [-0.4, -0.2) is 38.3 Å². The minimum atomic E-state index is 0.549. The van der Waals surface area contributed by atoms with Gasteiger partial charge in [-0.15, -0.1) is 0 Å². The van der Waals surface area contributed by atoms with Crippen molar-refractivity contribution in [2.45, 2.75) is 26.3 Å². The summed E-state index contributed by atoms with van der Waals surface area (Å²) in [4.78, 5) is 2.46. The number of anilines is 1. The van der Waals surface area contributed by atoms with Gasteiger partial charge in [0, 0.05) is 18.8 Å². The first-order valence-corrected chi connectivity index (χ1v) is 9.46. The van der Waals surface area contributed by atoms with Gasteiger partial charge < -0.3 is 14.8 Å². The summed E-state index contributed by atoms with van der Waals surface area (Å²) in [6.45, 7) is 6.87. The maximum Gasteiger partial charge on any atom is 0.136 e. The van der Waals surface area contributed by atoms with E-state index < -0.39 is 0 Å². The Labute approximate surface area is 161 Å². The molecular formula is C22H27N3O2. The van der Waals surface area contributed by atoms with Gasteiger partial charge in [0.25, 0.3) is 0 Å². The van der Waals surface area contributed by atoms with Crippen molar-refractivity contribution in [2.24, 2.45) is 0 Å². The maximum absolute atomic E-state index is 9.07. The third-order valence-electron chi connectivity index (χ3n) is 4.92. The summed E-state index contributed by atoms with van der Waals surface area (Å²) in [6.07, 6.45) is 2.62. The molecule has 0 radical (unpaired) electrons. The molecule has 0 unspecified atom stereocenters. The minimum Gasteiger partial charge on any atom is -0.495 e. The van der Waals surface area contributed by atoms with E-state index in [0.717, 1.165) is 35.7 Å². The number of methoxy groups -OCH3 is 1. The number of rotatable bonds is 8. The van der Waals surface area contributed by atoms with E-state index in [1.165, 1.54) is 25.9 Å². The Hall–Kier alpha value is -2.71. The number of nitrogens with zero attached hydrogens (tertiary/aromatic N) is 2. The van der Waals surface area contributed by atoms with Crippen LogP contribution in [-0.2, 0) is 6.54 Å². The Balaban J connectivity index is 1.53. The largest absolute Gasteiger partial charge is 0.495 e. The first-order chi connectivity index (χ1) is 13.2. The Morgan fingerprint density at radius 2 is 1.93 bits per heavy atom. The first-order valence-electron chi connectivity index (χ1n) is 9.46. The van der Waals surface area contributed by atoms with E-state index >= 15 is 0 Å². The van der Waals surface area contributed by atoms with Crippen molar-refractivity contribution in [1.82, 2.24) is 4.90 Å². The van der Waals surface area contributed by atoms with Crippen molar-refractivity contribution in [3.05, 3.63) is 53.1 Å². The zero-order chi connectivity index (χ0) is 19.1. The monoisotopic (exact) mass is 365 g/mol. The average Bonchev–Trinajstić information content (AvgIpc) is 3.21. The number of benzene rings is 2. The fourth-order valence-corrected chi connectivity index (χ4v) is 3.35. The summed E-state index contributed by atoms with van der Waals surface area (Å²) in [5.41, 5.74) is 3.78. The van der Waals surface area contributed by atoms with Crippen LogP contribution in [0.15, 0.2) is 36.4 Å². The van der Waals surface area contributed by atoms with Crippen molar-refractivity contribution < 1.29 is 9.47 Å². The standard InChI is InChI=1S/C22H27N3O2/c1-17-13-20(7-8-21(17)27-12-11-25-9-3-4-10-25)24-16-18-5-6-19(15-23)22(14-18)26-2/h5-8,13-14,24H,3-4,9-12,16H2,1-2H3. The predicted octanol–water partition coefficient (Wildman–Crippen LogP) is 3.96. The van der Waals surface area contributed by atoms with E-state index in [-0.39, 0.29) is 0 Å². The Bertz CT molecular complexity index is 808. The number of aryl methyl sites for hydroxylation is 1. The summed E-state index contributed by atoms with van der Waals surface area (Å²) < 4.78 is 11.2. The average molecular weight is 365 g/mol. The molecule has 1 aliphatic heterocycles. The number of nitriles is 1. The van der Waals surface area contributed by atoms with Crippen LogP contribution in [0, 0.1) is 18.3 Å². The van der Waals surface area contributed by atoms with Gasteiger partial charge in [-0.2, -0.15) is 5.26 Å². The van der Waals surface area contributed by atoms with Gasteiger partial charge in [-0.25, -0.2) is 0 Å². The molecule has 1 heterocycles. The second-order valence-corrected chi connectivity index (χ2v) is 6.88. The zero-order valence-electron chi connectivity index (χ0n) is 16.1. The quantitative estimate of drug-likeness (QED) is 0.767. The lowest BCUT2D eigenvalue weighted by atomic mass is 10.1. The Morgan fingerprint density at radius 3 is 2.63 bits per heavy atom. The highest BCUT2D eigenvalue weighted by atomic mass is 16.5. The van der Waals surface area contributed by atoms with Gasteiger partial charge in [-0.3, -0.25) is 4.90 Å². The van der Waals surface area contributed by atoms with E-state index in [2.05, 4.69) is 29.3 Å². The Morgan fingerprint density at radius 1 is 1.11 bits per heavy atom. The lowest BCUT2D eigenvalue weighted by Gasteiger charge is -2.16. The summed E-state index contributed by atoms with van der Waals surface area (Å²) in [7, 11) is 1.58. The minimum absolute atomic E-state index is 0.549. The molecule has 5 heteroatoms. The molecule has 3 rings (SSSR count). The second-order valence-electron chi connectivity index (χ2n) is 6.88. The molecule has 0 spiro atoms. The van der Waals surface area contributed by atoms with Gasteiger partial charge in [0.15, 0.2) is 0 Å². The molecule has 2 aromatic carbocycles. The van der Waals surface area contributed by atoms with Crippen molar-refractivity contribution >= 4 is 5.69 Å². The number of hydrogen-bond donors (Lipinski definition) is 1. The SMILES string of the molecule is COc1cc(CNc2ccc(OCCN3CCCC3)c(C)c2)ccc1C#N. The number of hydrogen-bond acceptors (Lipinski definition) is 5. The first kappa shape index (κ1) is 19.1. The smallest absolute Gasteiger partial charge is 0.136 e. The van der Waals surface area contributed by atoms with Crippen molar-refractivity contribution in [3.8, 4) is 17.6 Å². The molecular weight excluding hydrogens is 338 g/mol. The molecule has 0 aliphatic carbocycles. The maximum atomic E-state index is 9.07. The van der Waals surface area contributed by atoms with Gasteiger partial charge in [0.1, 0.15) is 24.2 Å². The lowest BCUT2D eigenvalue weighted by molar-refractivity contribution is 0.237. The van der Waals surface area contributed by atoms with E-state index in [4.69, 9.17) is 14.7 Å². The number of likely N-dealkylation sites (tertiary alicyclic amines) is 1. The molecule has 0 atom stereocenters. The fraction of sp³-hybridized carbons (Fsp3) is 0.409. The molecule has 0 bridgehead atoms. The van der Waals surface area contributed by atoms with Gasteiger partial charge in [0.05, 0.1) is 12.7 Å². The highest BCUT2D eigenvalue weighted by molar-refractivity contribution is 5.52. The molecule has 0 amide bonds. The van der Waals surface area contributed by atoms with Gasteiger partial charge in [-0.05, 0) is 74.3 Å². The van der Waals surface area contributed by atoms with E-state index in [0.29, 0.717) is 17.9 Å². The second kappa shape index (κ2) is 9.29. The summed E-state index contributed by atoms with van der Waals surface area (Å²) in [5, 5.41) is 12.5. The van der Waals surface area contributed by atoms with Crippen LogP contribution in [0.25, 0.3) is 0 Å². The fourth-order valence-electron chi connectivity index (χ4n) is 3.35. The molecule has 27 heavy (non-hydrogen) atoms. The summed E-state index contributed by atoms with van der Waals surface area (Å²) >= 11 is 0. The van der Waals surface area contributed by atoms with Crippen LogP contribution in [0.3, 0.4) is 0 Å². The molecule has 0 aromatic heterocycles. The van der Waals surface area contributed by atoms with Crippen molar-refractivity contribution in [2.75, 3.05) is 38.7 Å². The topological polar surface area (TPSA) is 57.5 Å². The normalized spacial score (nSPS) is 14.0. The molecule has 142 valence electrons. The molecule has 1 fully saturated rings. The Kier molecular flexibility index (Phi) is 6.56. The summed E-state index contributed by atoms with van der Waals surface area (Å²) in [6, 6.07) is 13.9. The van der Waals surface area contributed by atoms with E-state index in [9.17, 15) is 0 Å². The summed E-state index contributed by atoms with van der Waals surface area (Å²) in [5.74, 6) is 1.55. The third kappa shape index (κ3) is 5.15. The zero-order valence-corrected chi connectivity index (χ0v) is 16.1. The highest BCUT2D eigenvalue weighted by Gasteiger charge is 2.11. The highest BCUT2D eigenvalue weighted by Crippen LogP contribution is 2.24. The van der Waals surface area contributed by atoms with Crippen LogP contribution < -0.4 is 14.8 Å². The number of nitrogens with one attached hydrogen (secondary N) is 1. The van der Waals surface area contributed by atoms with Crippen LogP contribution in [0.4, 0.5) is 5.69 Å². The van der Waals surface area contributed by atoms with Crippen LogP contribution in [0.5, 0.6) is 11.5 Å². The van der Waals surface area contributed by atoms with Crippen LogP contribution >= 0.6 is 0 Å². The molecule has 1 N–H and O–H groups in total. The molecule has 0 saturated carbocycles. The molecule has 1 saturated heterocycles. The lowest BCUT2D eigenvalue weighted by Crippen LogP contribution is -2.25. The van der Waals surface area contributed by atoms with Crippen molar-refractivity contribution in [1.29, 1.82) is 5.26 Å². The predicted molar refractivity (Wildman–Crippen MR) is 107 cm³/mol. The molecule has 5 nitrogen and oxygen atoms in total. The van der Waals surface area contributed by atoms with E-state index in [1.807, 2.05) is 24.3 Å². The third-order valence-corrected chi connectivity index (χ3v) is 4.92. The van der Waals surface area contributed by atoms with Crippen LogP contribution in [0.1, 0.15) is 29.5 Å². The van der Waals surface area contributed by atoms with Gasteiger partial charge in [-0.1, -0.05) is 6.07 Å². The van der Waals surface area contributed by atoms with E-state index in [1.54, 1.807) is 13.2 Å². The van der Waals surface area contributed by atoms with Crippen molar-refractivity contribution in [3.63, 3.8) is 0 Å².